The van der Waals surface area contributed by atoms with Crippen LogP contribution in [0.5, 0.6) is 0 Å². The van der Waals surface area contributed by atoms with Crippen LogP contribution in [0.4, 0.5) is 11.4 Å². The maximum Gasteiger partial charge on any atom is 0.293 e. The molecule has 0 aromatic heterocycles. The van der Waals surface area contributed by atoms with E-state index in [0.717, 1.165) is 51.9 Å². The highest BCUT2D eigenvalue weighted by molar-refractivity contribution is 5.96. The molecular formula is C20H28N4O3. The Morgan fingerprint density at radius 2 is 1.59 bits per heavy atom. The van der Waals surface area contributed by atoms with Crippen LogP contribution < -0.4 is 4.90 Å². The highest BCUT2D eigenvalue weighted by Crippen LogP contribution is 2.32. The fraction of sp³-hybridized carbons (Fsp3) is 0.650. The Hall–Kier alpha value is -2.15. The first kappa shape index (κ1) is 18.2. The molecule has 3 fully saturated rings. The maximum absolute atomic E-state index is 12.9. The van der Waals surface area contributed by atoms with Crippen LogP contribution in [0.1, 0.15) is 48.9 Å². The Balaban J connectivity index is 1.45. The molecule has 7 heteroatoms. The quantitative estimate of drug-likeness (QED) is 0.600. The molecule has 7 nitrogen and oxygen atoms in total. The molecule has 3 saturated heterocycles. The van der Waals surface area contributed by atoms with Gasteiger partial charge in [-0.1, -0.05) is 0 Å². The van der Waals surface area contributed by atoms with Gasteiger partial charge in [-0.25, -0.2) is 0 Å². The lowest BCUT2D eigenvalue weighted by Crippen LogP contribution is -2.45. The van der Waals surface area contributed by atoms with Gasteiger partial charge in [0.2, 0.25) is 0 Å². The number of nitrogens with zero attached hydrogens (tertiary/aromatic N) is 4. The van der Waals surface area contributed by atoms with Crippen molar-refractivity contribution in [3.8, 4) is 0 Å². The Kier molecular flexibility index (Phi) is 5.29. The predicted molar refractivity (Wildman–Crippen MR) is 104 cm³/mol. The Bertz CT molecular complexity index is 703. The van der Waals surface area contributed by atoms with Crippen LogP contribution in [0.25, 0.3) is 0 Å². The first-order chi connectivity index (χ1) is 13.1. The van der Waals surface area contributed by atoms with Gasteiger partial charge in [0.1, 0.15) is 5.69 Å². The van der Waals surface area contributed by atoms with Crippen molar-refractivity contribution in [1.29, 1.82) is 0 Å². The summed E-state index contributed by atoms with van der Waals surface area (Å²) < 4.78 is 0. The van der Waals surface area contributed by atoms with Crippen molar-refractivity contribution in [2.24, 2.45) is 0 Å². The van der Waals surface area contributed by atoms with Gasteiger partial charge in [-0.05, 0) is 63.7 Å². The summed E-state index contributed by atoms with van der Waals surface area (Å²) in [5, 5.41) is 11.6. The van der Waals surface area contributed by atoms with Gasteiger partial charge in [0, 0.05) is 43.9 Å². The van der Waals surface area contributed by atoms with Crippen molar-refractivity contribution in [2.75, 3.05) is 44.2 Å². The number of hydrogen-bond acceptors (Lipinski definition) is 5. The van der Waals surface area contributed by atoms with Crippen molar-refractivity contribution in [1.82, 2.24) is 9.80 Å². The molecule has 0 spiro atoms. The smallest absolute Gasteiger partial charge is 0.293 e. The summed E-state index contributed by atoms with van der Waals surface area (Å²) in [6.07, 6.45) is 6.69. The fourth-order valence-electron chi connectivity index (χ4n) is 4.75. The molecule has 0 radical (unpaired) electrons. The average molecular weight is 372 g/mol. The first-order valence-electron chi connectivity index (χ1n) is 10.2. The normalized spacial score (nSPS) is 21.8. The van der Waals surface area contributed by atoms with Crippen molar-refractivity contribution < 1.29 is 9.72 Å². The third-order valence-corrected chi connectivity index (χ3v) is 6.27. The van der Waals surface area contributed by atoms with Crippen LogP contribution in [0, 0.1) is 10.1 Å². The molecule has 0 unspecified atom stereocenters. The van der Waals surface area contributed by atoms with E-state index in [0.29, 0.717) is 17.3 Å². The third-order valence-electron chi connectivity index (χ3n) is 6.27. The third kappa shape index (κ3) is 3.78. The van der Waals surface area contributed by atoms with Gasteiger partial charge < -0.3 is 14.7 Å². The van der Waals surface area contributed by atoms with Gasteiger partial charge in [-0.15, -0.1) is 0 Å². The molecule has 3 heterocycles. The Labute approximate surface area is 160 Å². The summed E-state index contributed by atoms with van der Waals surface area (Å²) in [5.41, 5.74) is 1.13. The lowest BCUT2D eigenvalue weighted by Gasteiger charge is -2.36. The lowest BCUT2D eigenvalue weighted by molar-refractivity contribution is -0.384. The van der Waals surface area contributed by atoms with Crippen molar-refractivity contribution >= 4 is 17.3 Å². The monoisotopic (exact) mass is 372 g/mol. The van der Waals surface area contributed by atoms with E-state index < -0.39 is 0 Å². The number of nitro groups is 1. The van der Waals surface area contributed by atoms with Gasteiger partial charge in [-0.3, -0.25) is 14.9 Å². The second kappa shape index (κ2) is 7.84. The second-order valence-electron chi connectivity index (χ2n) is 7.92. The van der Waals surface area contributed by atoms with Gasteiger partial charge >= 0.3 is 0 Å². The first-order valence-corrected chi connectivity index (χ1v) is 10.2. The number of amides is 1. The number of nitro benzene ring substituents is 1. The minimum atomic E-state index is -0.357. The number of carbonyl (C=O) groups is 1. The van der Waals surface area contributed by atoms with Gasteiger partial charge in [0.05, 0.1) is 4.92 Å². The second-order valence-corrected chi connectivity index (χ2v) is 7.92. The van der Waals surface area contributed by atoms with Gasteiger partial charge in [0.15, 0.2) is 0 Å². The highest BCUT2D eigenvalue weighted by Gasteiger charge is 2.30. The maximum atomic E-state index is 12.9. The van der Waals surface area contributed by atoms with Crippen molar-refractivity contribution in [2.45, 2.75) is 44.6 Å². The number of anilines is 1. The number of rotatable bonds is 4. The van der Waals surface area contributed by atoms with E-state index in [-0.39, 0.29) is 16.5 Å². The zero-order valence-corrected chi connectivity index (χ0v) is 15.8. The Morgan fingerprint density at radius 1 is 0.963 bits per heavy atom. The van der Waals surface area contributed by atoms with Crippen LogP contribution >= 0.6 is 0 Å². The standard InChI is InChI=1S/C20H28N4O3/c25-20(23-13-7-17(8-14-23)21-9-1-2-10-21)16-5-6-18(19(15-16)24(26)27)22-11-3-4-12-22/h5-6,15,17H,1-4,7-14H2. The average Bonchev–Trinajstić information content (AvgIpc) is 3.41. The highest BCUT2D eigenvalue weighted by atomic mass is 16.6. The summed E-state index contributed by atoms with van der Waals surface area (Å²) in [5.74, 6) is -0.0778. The molecular weight excluding hydrogens is 344 g/mol. The number of benzene rings is 1. The van der Waals surface area contributed by atoms with Crippen LogP contribution in [0.15, 0.2) is 18.2 Å². The molecule has 3 aliphatic heterocycles. The number of hydrogen-bond donors (Lipinski definition) is 0. The minimum absolute atomic E-state index is 0.0507. The van der Waals surface area contributed by atoms with Crippen molar-refractivity contribution in [3.63, 3.8) is 0 Å². The summed E-state index contributed by atoms with van der Waals surface area (Å²) in [6, 6.07) is 5.58. The molecule has 0 bridgehead atoms. The summed E-state index contributed by atoms with van der Waals surface area (Å²) >= 11 is 0. The van der Waals surface area contributed by atoms with Gasteiger partial charge in [-0.2, -0.15) is 0 Å². The SMILES string of the molecule is O=C(c1ccc(N2CCCC2)c([N+](=O)[O-])c1)N1CCC(N2CCCC2)CC1. The molecule has 0 N–H and O–H groups in total. The van der Waals surface area contributed by atoms with E-state index in [9.17, 15) is 14.9 Å². The molecule has 1 aromatic rings. The zero-order valence-electron chi connectivity index (χ0n) is 15.8. The molecule has 0 aliphatic carbocycles. The van der Waals surface area contributed by atoms with E-state index in [1.54, 1.807) is 12.1 Å². The van der Waals surface area contributed by atoms with Crippen molar-refractivity contribution in [3.05, 3.63) is 33.9 Å². The summed E-state index contributed by atoms with van der Waals surface area (Å²) in [4.78, 5) is 30.6. The molecule has 27 heavy (non-hydrogen) atoms. The summed E-state index contributed by atoms with van der Waals surface area (Å²) in [7, 11) is 0. The topological polar surface area (TPSA) is 69.9 Å². The number of carbonyl (C=O) groups excluding carboxylic acids is 1. The number of piperidine rings is 1. The largest absolute Gasteiger partial charge is 0.366 e. The molecule has 4 rings (SSSR count). The summed E-state index contributed by atoms with van der Waals surface area (Å²) in [6.45, 7) is 5.53. The Morgan fingerprint density at radius 3 is 2.22 bits per heavy atom. The predicted octanol–water partition coefficient (Wildman–Crippen LogP) is 2.90. The minimum Gasteiger partial charge on any atom is -0.366 e. The van der Waals surface area contributed by atoms with E-state index in [1.807, 2.05) is 9.80 Å². The van der Waals surface area contributed by atoms with Crippen LogP contribution in [0.3, 0.4) is 0 Å². The molecule has 0 atom stereocenters. The lowest BCUT2D eigenvalue weighted by atomic mass is 10.0. The van der Waals surface area contributed by atoms with Crippen LogP contribution in [0.2, 0.25) is 0 Å². The molecule has 3 aliphatic rings. The molecule has 1 aromatic carbocycles. The molecule has 146 valence electrons. The molecule has 1 amide bonds. The zero-order chi connectivity index (χ0) is 18.8. The molecule has 0 saturated carbocycles. The van der Waals surface area contributed by atoms with E-state index in [1.165, 1.54) is 32.0 Å². The van der Waals surface area contributed by atoms with E-state index in [2.05, 4.69) is 4.90 Å². The van der Waals surface area contributed by atoms with Crippen LogP contribution in [-0.4, -0.2) is 65.9 Å². The van der Waals surface area contributed by atoms with Gasteiger partial charge in [0.25, 0.3) is 11.6 Å². The van der Waals surface area contributed by atoms with E-state index >= 15 is 0 Å². The van der Waals surface area contributed by atoms with E-state index in [4.69, 9.17) is 0 Å². The fourth-order valence-corrected chi connectivity index (χ4v) is 4.75. The van der Waals surface area contributed by atoms with Crippen LogP contribution in [-0.2, 0) is 0 Å². The number of likely N-dealkylation sites (tertiary alicyclic amines) is 2.